The number of likely N-dealkylation sites (tertiary alicyclic amines) is 1. The predicted octanol–water partition coefficient (Wildman–Crippen LogP) is 2.82. The summed E-state index contributed by atoms with van der Waals surface area (Å²) < 4.78 is 2.81. The molecule has 0 radical (unpaired) electrons. The highest BCUT2D eigenvalue weighted by atomic mass is 79.9. The van der Waals surface area contributed by atoms with Crippen molar-refractivity contribution in [2.45, 2.75) is 20.8 Å². The van der Waals surface area contributed by atoms with Gasteiger partial charge in [0.05, 0.1) is 5.69 Å². The number of anilines is 1. The van der Waals surface area contributed by atoms with Crippen LogP contribution in [0, 0.1) is 18.8 Å². The van der Waals surface area contributed by atoms with E-state index in [1.807, 2.05) is 25.3 Å². The van der Waals surface area contributed by atoms with Crippen LogP contribution in [0.1, 0.15) is 19.5 Å². The first kappa shape index (κ1) is 15.7. The fourth-order valence-corrected chi connectivity index (χ4v) is 3.94. The van der Waals surface area contributed by atoms with Gasteiger partial charge in [0.25, 0.3) is 0 Å². The molecule has 4 heterocycles. The smallest absolute Gasteiger partial charge is 0.155 e. The van der Waals surface area contributed by atoms with Crippen LogP contribution in [0.2, 0.25) is 0 Å². The summed E-state index contributed by atoms with van der Waals surface area (Å²) in [6, 6.07) is 4.15. The van der Waals surface area contributed by atoms with E-state index < -0.39 is 0 Å². The van der Waals surface area contributed by atoms with Gasteiger partial charge in [0.15, 0.2) is 5.65 Å². The second-order valence-electron chi connectivity index (χ2n) is 6.10. The molecule has 5 nitrogen and oxygen atoms in total. The Bertz CT molecular complexity index is 654. The maximum Gasteiger partial charge on any atom is 0.155 e. The number of aromatic nitrogens is 3. The van der Waals surface area contributed by atoms with E-state index >= 15 is 0 Å². The second-order valence-corrected chi connectivity index (χ2v) is 6.85. The summed E-state index contributed by atoms with van der Waals surface area (Å²) in [4.78, 5) is 9.31. The van der Waals surface area contributed by atoms with Gasteiger partial charge in [-0.05, 0) is 53.9 Å². The van der Waals surface area contributed by atoms with Crippen molar-refractivity contribution < 1.29 is 0 Å². The standard InChI is InChI=1S/C14H18BrN5.C2H6/c1-9-14(15)16-12-3-4-13(17-20(9)12)19-7-10-5-18(2)6-11(10)8-19;1-2/h3-4,10-11H,5-8H2,1-2H3;1-2H3. The average molecular weight is 366 g/mol. The first-order chi connectivity index (χ1) is 10.6. The predicted molar refractivity (Wildman–Crippen MR) is 93.5 cm³/mol. The minimum absolute atomic E-state index is 0.799. The van der Waals surface area contributed by atoms with Crippen molar-refractivity contribution in [1.82, 2.24) is 19.5 Å². The van der Waals surface area contributed by atoms with Crippen LogP contribution in [-0.2, 0) is 0 Å². The zero-order chi connectivity index (χ0) is 15.9. The molecule has 0 N–H and O–H groups in total. The first-order valence-corrected chi connectivity index (χ1v) is 8.86. The quantitative estimate of drug-likeness (QED) is 0.778. The number of hydrogen-bond donors (Lipinski definition) is 0. The third-order valence-corrected chi connectivity index (χ3v) is 5.37. The van der Waals surface area contributed by atoms with Crippen molar-refractivity contribution >= 4 is 27.4 Å². The Kier molecular flexibility index (Phi) is 4.41. The van der Waals surface area contributed by atoms with E-state index in [0.29, 0.717) is 0 Å². The van der Waals surface area contributed by atoms with Gasteiger partial charge < -0.3 is 9.80 Å². The van der Waals surface area contributed by atoms with Crippen molar-refractivity contribution in [3.8, 4) is 0 Å². The van der Waals surface area contributed by atoms with Gasteiger partial charge in [-0.15, -0.1) is 5.10 Å². The van der Waals surface area contributed by atoms with E-state index in [0.717, 1.165) is 46.7 Å². The minimum atomic E-state index is 0.799. The van der Waals surface area contributed by atoms with Gasteiger partial charge >= 0.3 is 0 Å². The molecule has 0 aliphatic carbocycles. The molecule has 2 aromatic heterocycles. The Morgan fingerprint density at radius 2 is 1.73 bits per heavy atom. The number of nitrogens with zero attached hydrogens (tertiary/aromatic N) is 5. The van der Waals surface area contributed by atoms with E-state index in [1.54, 1.807) is 0 Å². The third kappa shape index (κ3) is 2.63. The van der Waals surface area contributed by atoms with Crippen LogP contribution in [0.25, 0.3) is 5.65 Å². The number of halogens is 1. The lowest BCUT2D eigenvalue weighted by Crippen LogP contribution is -2.27. The van der Waals surface area contributed by atoms with E-state index in [1.165, 1.54) is 13.1 Å². The highest BCUT2D eigenvalue weighted by Gasteiger charge is 2.39. The molecular formula is C16H24BrN5. The lowest BCUT2D eigenvalue weighted by atomic mass is 10.0. The molecule has 2 saturated heterocycles. The second kappa shape index (κ2) is 6.16. The van der Waals surface area contributed by atoms with Crippen molar-refractivity contribution in [2.24, 2.45) is 11.8 Å². The van der Waals surface area contributed by atoms with Crippen molar-refractivity contribution in [3.05, 3.63) is 22.4 Å². The number of imidazole rings is 1. The highest BCUT2D eigenvalue weighted by Crippen LogP contribution is 2.32. The number of aryl methyl sites for hydroxylation is 1. The summed E-state index contributed by atoms with van der Waals surface area (Å²) in [5, 5.41) is 4.76. The fourth-order valence-electron chi connectivity index (χ4n) is 3.59. The van der Waals surface area contributed by atoms with Gasteiger partial charge in [0.1, 0.15) is 10.4 Å². The van der Waals surface area contributed by atoms with Gasteiger partial charge in [-0.1, -0.05) is 13.8 Å². The minimum Gasteiger partial charge on any atom is -0.355 e. The summed E-state index contributed by atoms with van der Waals surface area (Å²) in [7, 11) is 2.22. The zero-order valence-electron chi connectivity index (χ0n) is 13.8. The first-order valence-electron chi connectivity index (χ1n) is 8.07. The molecule has 2 aliphatic rings. The van der Waals surface area contributed by atoms with Crippen LogP contribution in [0.15, 0.2) is 16.7 Å². The Balaban J connectivity index is 0.000000693. The number of fused-ring (bicyclic) bond motifs is 2. The molecule has 120 valence electrons. The summed E-state index contributed by atoms with van der Waals surface area (Å²) >= 11 is 3.47. The van der Waals surface area contributed by atoms with Crippen molar-refractivity contribution in [3.63, 3.8) is 0 Å². The van der Waals surface area contributed by atoms with Gasteiger partial charge in [0.2, 0.25) is 0 Å². The van der Waals surface area contributed by atoms with Gasteiger partial charge in [-0.2, -0.15) is 0 Å². The van der Waals surface area contributed by atoms with E-state index in [2.05, 4.69) is 49.9 Å². The largest absolute Gasteiger partial charge is 0.355 e. The maximum absolute atomic E-state index is 4.76. The summed E-state index contributed by atoms with van der Waals surface area (Å²) in [5.41, 5.74) is 1.96. The molecular weight excluding hydrogens is 342 g/mol. The number of rotatable bonds is 1. The lowest BCUT2D eigenvalue weighted by molar-refractivity contribution is 0.386. The molecule has 0 spiro atoms. The Morgan fingerprint density at radius 1 is 1.09 bits per heavy atom. The average Bonchev–Trinajstić information content (AvgIpc) is 3.13. The van der Waals surface area contributed by atoms with E-state index in [-0.39, 0.29) is 0 Å². The zero-order valence-corrected chi connectivity index (χ0v) is 15.3. The van der Waals surface area contributed by atoms with Crippen LogP contribution in [0.3, 0.4) is 0 Å². The summed E-state index contributed by atoms with van der Waals surface area (Å²) in [6.07, 6.45) is 0. The summed E-state index contributed by atoms with van der Waals surface area (Å²) in [6.45, 7) is 10.7. The highest BCUT2D eigenvalue weighted by molar-refractivity contribution is 9.10. The molecule has 4 rings (SSSR count). The molecule has 2 fully saturated rings. The molecule has 0 saturated carbocycles. The molecule has 6 heteroatoms. The van der Waals surface area contributed by atoms with Crippen LogP contribution in [0.5, 0.6) is 0 Å². The normalized spacial score (nSPS) is 24.5. The van der Waals surface area contributed by atoms with Crippen LogP contribution >= 0.6 is 15.9 Å². The van der Waals surface area contributed by atoms with E-state index in [9.17, 15) is 0 Å². The lowest BCUT2D eigenvalue weighted by Gasteiger charge is -2.20. The van der Waals surface area contributed by atoms with Gasteiger partial charge in [0, 0.05) is 26.2 Å². The Labute approximate surface area is 140 Å². The Morgan fingerprint density at radius 3 is 2.36 bits per heavy atom. The molecule has 2 aromatic rings. The molecule has 22 heavy (non-hydrogen) atoms. The molecule has 2 atom stereocenters. The van der Waals surface area contributed by atoms with Crippen molar-refractivity contribution in [2.75, 3.05) is 38.1 Å². The molecule has 0 bridgehead atoms. The van der Waals surface area contributed by atoms with Crippen LogP contribution in [-0.4, -0.2) is 52.7 Å². The maximum atomic E-state index is 4.76. The molecule has 2 unspecified atom stereocenters. The van der Waals surface area contributed by atoms with Gasteiger partial charge in [-0.25, -0.2) is 9.50 Å². The molecule has 2 aliphatic heterocycles. The topological polar surface area (TPSA) is 36.7 Å². The third-order valence-electron chi connectivity index (χ3n) is 4.62. The van der Waals surface area contributed by atoms with Crippen LogP contribution in [0.4, 0.5) is 5.82 Å². The summed E-state index contributed by atoms with van der Waals surface area (Å²) in [5.74, 6) is 2.67. The Hall–Kier alpha value is -1.14. The van der Waals surface area contributed by atoms with E-state index in [4.69, 9.17) is 5.10 Å². The van der Waals surface area contributed by atoms with Gasteiger partial charge in [-0.3, -0.25) is 0 Å². The SMILES string of the molecule is CC.Cc1c(Br)nc2ccc(N3CC4CN(C)CC4C3)nn12. The number of hydrogen-bond acceptors (Lipinski definition) is 4. The fraction of sp³-hybridized carbons (Fsp3) is 0.625. The van der Waals surface area contributed by atoms with Crippen LogP contribution < -0.4 is 4.90 Å². The van der Waals surface area contributed by atoms with Crippen molar-refractivity contribution in [1.29, 1.82) is 0 Å². The molecule has 0 aromatic carbocycles. The monoisotopic (exact) mass is 365 g/mol. The molecule has 0 amide bonds.